The molecule has 0 saturated carbocycles. The van der Waals surface area contributed by atoms with Gasteiger partial charge < -0.3 is 14.8 Å². The Morgan fingerprint density at radius 1 is 1.00 bits per heavy atom. The van der Waals surface area contributed by atoms with Crippen LogP contribution in [0.25, 0.3) is 0 Å². The lowest BCUT2D eigenvalue weighted by Crippen LogP contribution is -2.14. The second-order valence-corrected chi connectivity index (χ2v) is 5.35. The molecule has 0 aliphatic rings. The molecule has 0 bridgehead atoms. The van der Waals surface area contributed by atoms with Crippen molar-refractivity contribution >= 4 is 17.4 Å². The fourth-order valence-corrected chi connectivity index (χ4v) is 2.37. The maximum atomic E-state index is 12.2. The van der Waals surface area contributed by atoms with E-state index in [-0.39, 0.29) is 24.5 Å². The van der Waals surface area contributed by atoms with E-state index in [1.807, 2.05) is 25.1 Å². The Morgan fingerprint density at radius 2 is 1.75 bits per heavy atom. The highest BCUT2D eigenvalue weighted by molar-refractivity contribution is 6.01. The molecule has 0 aromatic heterocycles. The van der Waals surface area contributed by atoms with E-state index in [1.54, 1.807) is 31.4 Å². The van der Waals surface area contributed by atoms with Gasteiger partial charge in [0.2, 0.25) is 5.91 Å². The van der Waals surface area contributed by atoms with Crippen LogP contribution < -0.4 is 14.8 Å². The van der Waals surface area contributed by atoms with Gasteiger partial charge in [-0.25, -0.2) is 0 Å². The normalized spacial score (nSPS) is 10.1. The second kappa shape index (κ2) is 8.15. The Kier molecular flexibility index (Phi) is 5.95. The number of ether oxygens (including phenoxy) is 2. The summed E-state index contributed by atoms with van der Waals surface area (Å²) in [5.74, 6) is 0.862. The molecular weight excluding hydrogens is 306 g/mol. The van der Waals surface area contributed by atoms with E-state index in [1.165, 1.54) is 7.11 Å². The lowest BCUT2D eigenvalue weighted by Gasteiger charge is -2.11. The number of nitrogens with one attached hydrogen (secondary N) is 1. The number of hydrogen-bond donors (Lipinski definition) is 1. The fourth-order valence-electron chi connectivity index (χ4n) is 2.37. The number of ketones is 1. The van der Waals surface area contributed by atoms with Gasteiger partial charge in [0.1, 0.15) is 11.5 Å². The summed E-state index contributed by atoms with van der Waals surface area (Å²) in [5.41, 5.74) is 2.09. The number of anilines is 1. The Bertz CT molecular complexity index is 740. The lowest BCUT2D eigenvalue weighted by atomic mass is 10.0. The number of Topliss-reactive ketones (excluding diaryl/α,β-unsaturated/α-hetero) is 1. The van der Waals surface area contributed by atoms with Crippen LogP contribution in [-0.4, -0.2) is 25.9 Å². The molecule has 0 heterocycles. The summed E-state index contributed by atoms with van der Waals surface area (Å²) < 4.78 is 10.4. The molecule has 0 atom stereocenters. The van der Waals surface area contributed by atoms with E-state index in [4.69, 9.17) is 9.47 Å². The van der Waals surface area contributed by atoms with Crippen LogP contribution in [0.15, 0.2) is 42.5 Å². The number of aryl methyl sites for hydroxylation is 1. The summed E-state index contributed by atoms with van der Waals surface area (Å²) >= 11 is 0. The predicted molar refractivity (Wildman–Crippen MR) is 92.9 cm³/mol. The number of carbonyl (C=O) groups is 2. The quantitative estimate of drug-likeness (QED) is 0.789. The van der Waals surface area contributed by atoms with Crippen molar-refractivity contribution in [1.29, 1.82) is 0 Å². The highest BCUT2D eigenvalue weighted by atomic mass is 16.5. The molecule has 0 spiro atoms. The van der Waals surface area contributed by atoms with Crippen molar-refractivity contribution in [1.82, 2.24) is 0 Å². The van der Waals surface area contributed by atoms with Gasteiger partial charge >= 0.3 is 0 Å². The number of methoxy groups -OCH3 is 2. The summed E-state index contributed by atoms with van der Waals surface area (Å²) in [6, 6.07) is 12.5. The van der Waals surface area contributed by atoms with Crippen molar-refractivity contribution in [3.05, 3.63) is 53.6 Å². The first kappa shape index (κ1) is 17.5. The van der Waals surface area contributed by atoms with Gasteiger partial charge in [0, 0.05) is 24.5 Å². The zero-order valence-corrected chi connectivity index (χ0v) is 14.1. The maximum Gasteiger partial charge on any atom is 0.224 e. The third-order valence-corrected chi connectivity index (χ3v) is 3.71. The number of carbonyl (C=O) groups excluding carboxylic acids is 2. The second-order valence-electron chi connectivity index (χ2n) is 5.35. The van der Waals surface area contributed by atoms with Crippen LogP contribution >= 0.6 is 0 Å². The highest BCUT2D eigenvalue weighted by Gasteiger charge is 2.13. The molecule has 126 valence electrons. The van der Waals surface area contributed by atoms with Gasteiger partial charge in [-0.2, -0.15) is 0 Å². The molecule has 0 unspecified atom stereocenters. The van der Waals surface area contributed by atoms with Crippen LogP contribution in [0.2, 0.25) is 0 Å². The maximum absolute atomic E-state index is 12.2. The average molecular weight is 327 g/mol. The van der Waals surface area contributed by atoms with Crippen molar-refractivity contribution in [3.63, 3.8) is 0 Å². The zero-order valence-electron chi connectivity index (χ0n) is 14.1. The molecule has 0 fully saturated rings. The molecule has 0 aliphatic carbocycles. The van der Waals surface area contributed by atoms with Crippen molar-refractivity contribution in [2.75, 3.05) is 19.5 Å². The summed E-state index contributed by atoms with van der Waals surface area (Å²) in [6.07, 6.45) is 0.260. The first-order valence-electron chi connectivity index (χ1n) is 7.66. The van der Waals surface area contributed by atoms with Crippen molar-refractivity contribution in [2.45, 2.75) is 19.8 Å². The smallest absolute Gasteiger partial charge is 0.224 e. The minimum Gasteiger partial charge on any atom is -0.497 e. The van der Waals surface area contributed by atoms with Crippen molar-refractivity contribution in [3.8, 4) is 11.5 Å². The Hall–Kier alpha value is -2.82. The largest absolute Gasteiger partial charge is 0.497 e. The lowest BCUT2D eigenvalue weighted by molar-refractivity contribution is -0.116. The van der Waals surface area contributed by atoms with E-state index in [0.717, 1.165) is 5.56 Å². The van der Waals surface area contributed by atoms with Crippen LogP contribution in [0.3, 0.4) is 0 Å². The van der Waals surface area contributed by atoms with Crippen molar-refractivity contribution in [2.24, 2.45) is 0 Å². The molecule has 24 heavy (non-hydrogen) atoms. The first-order chi connectivity index (χ1) is 11.5. The van der Waals surface area contributed by atoms with Crippen LogP contribution in [0.4, 0.5) is 5.69 Å². The van der Waals surface area contributed by atoms with Crippen LogP contribution in [0, 0.1) is 6.92 Å². The molecule has 5 heteroatoms. The number of benzene rings is 2. The summed E-state index contributed by atoms with van der Waals surface area (Å²) in [4.78, 5) is 24.4. The Balaban J connectivity index is 1.99. The van der Waals surface area contributed by atoms with E-state index >= 15 is 0 Å². The standard InChI is InChI=1S/C19H21NO4/c1-13-6-4-5-7-15(13)17(21)9-11-19(22)20-16-12-14(23-2)8-10-18(16)24-3/h4-8,10,12H,9,11H2,1-3H3,(H,20,22). The molecule has 5 nitrogen and oxygen atoms in total. The molecule has 0 radical (unpaired) electrons. The Morgan fingerprint density at radius 3 is 2.42 bits per heavy atom. The van der Waals surface area contributed by atoms with Crippen molar-refractivity contribution < 1.29 is 19.1 Å². The number of amides is 1. The molecule has 0 aliphatic heterocycles. The molecule has 1 amide bonds. The average Bonchev–Trinajstić information content (AvgIpc) is 2.60. The zero-order chi connectivity index (χ0) is 17.5. The first-order valence-corrected chi connectivity index (χ1v) is 7.66. The van der Waals surface area contributed by atoms with E-state index in [9.17, 15) is 9.59 Å². The van der Waals surface area contributed by atoms with Gasteiger partial charge in [-0.15, -0.1) is 0 Å². The molecule has 0 saturated heterocycles. The SMILES string of the molecule is COc1ccc(OC)c(NC(=O)CCC(=O)c2ccccc2C)c1. The summed E-state index contributed by atoms with van der Waals surface area (Å²) in [7, 11) is 3.08. The topological polar surface area (TPSA) is 64.6 Å². The van der Waals surface area contributed by atoms with Gasteiger partial charge in [-0.1, -0.05) is 24.3 Å². The van der Waals surface area contributed by atoms with Gasteiger partial charge in [-0.05, 0) is 24.6 Å². The van der Waals surface area contributed by atoms with Crippen LogP contribution in [0.1, 0.15) is 28.8 Å². The number of hydrogen-bond acceptors (Lipinski definition) is 4. The van der Waals surface area contributed by atoms with Gasteiger partial charge in [0.15, 0.2) is 5.78 Å². The fraction of sp³-hybridized carbons (Fsp3) is 0.263. The van der Waals surface area contributed by atoms with Gasteiger partial charge in [0.25, 0.3) is 0 Å². The van der Waals surface area contributed by atoms with E-state index in [2.05, 4.69) is 5.32 Å². The van der Waals surface area contributed by atoms with Crippen LogP contribution in [0.5, 0.6) is 11.5 Å². The summed E-state index contributed by atoms with van der Waals surface area (Å²) in [5, 5.41) is 2.76. The van der Waals surface area contributed by atoms with Gasteiger partial charge in [0.05, 0.1) is 19.9 Å². The molecule has 2 aromatic carbocycles. The minimum atomic E-state index is -0.247. The van der Waals surface area contributed by atoms with Crippen LogP contribution in [-0.2, 0) is 4.79 Å². The number of rotatable bonds is 7. The predicted octanol–water partition coefficient (Wildman–Crippen LogP) is 3.61. The molecular formula is C19H21NO4. The monoisotopic (exact) mass is 327 g/mol. The molecule has 2 aromatic rings. The Labute approximate surface area is 141 Å². The minimum absolute atomic E-state index is 0.0409. The third kappa shape index (κ3) is 4.35. The summed E-state index contributed by atoms with van der Waals surface area (Å²) in [6.45, 7) is 1.88. The van der Waals surface area contributed by atoms with E-state index < -0.39 is 0 Å². The van der Waals surface area contributed by atoms with Gasteiger partial charge in [-0.3, -0.25) is 9.59 Å². The third-order valence-electron chi connectivity index (χ3n) is 3.71. The van der Waals surface area contributed by atoms with E-state index in [0.29, 0.717) is 22.7 Å². The highest BCUT2D eigenvalue weighted by Crippen LogP contribution is 2.29. The molecule has 1 N–H and O–H groups in total. The molecule has 2 rings (SSSR count).